The van der Waals surface area contributed by atoms with E-state index < -0.39 is 0 Å². The molecule has 0 spiro atoms. The van der Waals surface area contributed by atoms with Crippen molar-refractivity contribution in [1.29, 1.82) is 0 Å². The molecule has 19 heavy (non-hydrogen) atoms. The molecule has 0 saturated carbocycles. The zero-order valence-electron chi connectivity index (χ0n) is 10.1. The number of imidazole rings is 1. The van der Waals surface area contributed by atoms with Crippen LogP contribution in [0.1, 0.15) is 0 Å². The highest BCUT2D eigenvalue weighted by molar-refractivity contribution is 6.30. The molecule has 6 nitrogen and oxygen atoms in total. The molecule has 3 rings (SSSR count). The minimum absolute atomic E-state index is 0.504. The Balaban J connectivity index is 2.06. The summed E-state index contributed by atoms with van der Waals surface area (Å²) >= 11 is 5.96. The normalized spacial score (nSPS) is 10.6. The number of nitrogens with zero attached hydrogens (tertiary/aromatic N) is 3. The van der Waals surface area contributed by atoms with Crippen LogP contribution in [-0.4, -0.2) is 27.0 Å². The number of benzene rings is 1. The SMILES string of the molecule is CNc1nc(Nc2cccc(Cl)c2)c2[nH]cnc2n1. The van der Waals surface area contributed by atoms with Gasteiger partial charge in [-0.25, -0.2) is 4.98 Å². The van der Waals surface area contributed by atoms with Crippen molar-refractivity contribution in [2.24, 2.45) is 0 Å². The Labute approximate surface area is 114 Å². The Morgan fingerprint density at radius 3 is 2.95 bits per heavy atom. The lowest BCUT2D eigenvalue weighted by atomic mass is 10.3. The number of hydrogen-bond acceptors (Lipinski definition) is 5. The molecule has 0 amide bonds. The van der Waals surface area contributed by atoms with Crippen LogP contribution in [0, 0.1) is 0 Å². The van der Waals surface area contributed by atoms with Crippen LogP contribution in [0.2, 0.25) is 5.02 Å². The van der Waals surface area contributed by atoms with E-state index in [2.05, 4.69) is 30.6 Å². The van der Waals surface area contributed by atoms with Gasteiger partial charge in [-0.3, -0.25) is 0 Å². The van der Waals surface area contributed by atoms with Crippen LogP contribution in [0.5, 0.6) is 0 Å². The van der Waals surface area contributed by atoms with Gasteiger partial charge in [0.1, 0.15) is 5.52 Å². The lowest BCUT2D eigenvalue weighted by molar-refractivity contribution is 1.18. The third-order valence-electron chi connectivity index (χ3n) is 2.60. The molecule has 0 saturated heterocycles. The molecule has 3 N–H and O–H groups in total. The van der Waals surface area contributed by atoms with Crippen LogP contribution >= 0.6 is 11.6 Å². The molecule has 7 heteroatoms. The van der Waals surface area contributed by atoms with Crippen molar-refractivity contribution in [3.63, 3.8) is 0 Å². The van der Waals surface area contributed by atoms with E-state index in [1.807, 2.05) is 24.3 Å². The quantitative estimate of drug-likeness (QED) is 0.684. The summed E-state index contributed by atoms with van der Waals surface area (Å²) in [6.45, 7) is 0. The average molecular weight is 275 g/mol. The zero-order valence-corrected chi connectivity index (χ0v) is 10.9. The summed E-state index contributed by atoms with van der Waals surface area (Å²) in [6.07, 6.45) is 1.59. The van der Waals surface area contributed by atoms with Gasteiger partial charge >= 0.3 is 0 Å². The Bertz CT molecular complexity index is 723. The van der Waals surface area contributed by atoms with E-state index in [1.165, 1.54) is 0 Å². The minimum Gasteiger partial charge on any atom is -0.357 e. The van der Waals surface area contributed by atoms with Crippen LogP contribution in [0.4, 0.5) is 17.5 Å². The molecular weight excluding hydrogens is 264 g/mol. The fourth-order valence-corrected chi connectivity index (χ4v) is 1.93. The molecule has 1 aromatic carbocycles. The maximum absolute atomic E-state index is 5.96. The van der Waals surface area contributed by atoms with Crippen molar-refractivity contribution in [2.45, 2.75) is 0 Å². The molecule has 2 heterocycles. The highest BCUT2D eigenvalue weighted by Crippen LogP contribution is 2.24. The lowest BCUT2D eigenvalue weighted by Gasteiger charge is -2.08. The highest BCUT2D eigenvalue weighted by Gasteiger charge is 2.09. The van der Waals surface area contributed by atoms with Crippen molar-refractivity contribution in [3.05, 3.63) is 35.6 Å². The van der Waals surface area contributed by atoms with Crippen LogP contribution in [0.15, 0.2) is 30.6 Å². The summed E-state index contributed by atoms with van der Waals surface area (Å²) in [5.74, 6) is 1.15. The summed E-state index contributed by atoms with van der Waals surface area (Å²) in [4.78, 5) is 15.8. The molecule has 0 fully saturated rings. The first kappa shape index (κ1) is 11.7. The molecule has 2 aromatic heterocycles. The number of anilines is 3. The van der Waals surface area contributed by atoms with Crippen molar-refractivity contribution >= 4 is 40.2 Å². The molecule has 3 aromatic rings. The van der Waals surface area contributed by atoms with Crippen LogP contribution in [0.25, 0.3) is 11.2 Å². The molecule has 0 bridgehead atoms. The summed E-state index contributed by atoms with van der Waals surface area (Å²) in [6, 6.07) is 7.42. The van der Waals surface area contributed by atoms with Crippen molar-refractivity contribution in [2.75, 3.05) is 17.7 Å². The first-order chi connectivity index (χ1) is 9.26. The maximum atomic E-state index is 5.96. The molecule has 0 radical (unpaired) electrons. The van der Waals surface area contributed by atoms with Gasteiger partial charge in [0.05, 0.1) is 6.33 Å². The van der Waals surface area contributed by atoms with E-state index in [0.717, 1.165) is 11.2 Å². The molecule has 0 aliphatic rings. The van der Waals surface area contributed by atoms with Gasteiger partial charge in [-0.15, -0.1) is 0 Å². The number of nitrogens with one attached hydrogen (secondary N) is 3. The summed E-state index contributed by atoms with van der Waals surface area (Å²) in [7, 11) is 1.76. The van der Waals surface area contributed by atoms with Crippen molar-refractivity contribution in [1.82, 2.24) is 19.9 Å². The van der Waals surface area contributed by atoms with E-state index in [4.69, 9.17) is 11.6 Å². The second-order valence-corrected chi connectivity index (χ2v) is 4.32. The first-order valence-corrected chi connectivity index (χ1v) is 6.05. The fourth-order valence-electron chi connectivity index (χ4n) is 1.74. The highest BCUT2D eigenvalue weighted by atomic mass is 35.5. The van der Waals surface area contributed by atoms with Crippen LogP contribution < -0.4 is 10.6 Å². The molecule has 0 unspecified atom stereocenters. The fraction of sp³-hybridized carbons (Fsp3) is 0.0833. The standard InChI is InChI=1S/C12H11ClN6/c1-14-12-18-10-9(15-6-16-10)11(19-12)17-8-4-2-3-7(13)5-8/h2-6H,1H3,(H3,14,15,16,17,18,19). The van der Waals surface area contributed by atoms with Gasteiger partial charge in [0.2, 0.25) is 5.95 Å². The molecule has 96 valence electrons. The van der Waals surface area contributed by atoms with Gasteiger partial charge in [-0.05, 0) is 18.2 Å². The van der Waals surface area contributed by atoms with Crippen LogP contribution in [0.3, 0.4) is 0 Å². The van der Waals surface area contributed by atoms with Gasteiger partial charge in [0.25, 0.3) is 0 Å². The summed E-state index contributed by atoms with van der Waals surface area (Å²) < 4.78 is 0. The number of aromatic amines is 1. The average Bonchev–Trinajstić information content (AvgIpc) is 2.87. The smallest absolute Gasteiger partial charge is 0.226 e. The Morgan fingerprint density at radius 2 is 2.16 bits per heavy atom. The van der Waals surface area contributed by atoms with E-state index >= 15 is 0 Å². The predicted octanol–water partition coefficient (Wildman–Crippen LogP) is 2.79. The number of rotatable bonds is 3. The topological polar surface area (TPSA) is 78.5 Å². The van der Waals surface area contributed by atoms with Gasteiger partial charge in [0.15, 0.2) is 11.5 Å². The predicted molar refractivity (Wildman–Crippen MR) is 76.0 cm³/mol. The Morgan fingerprint density at radius 1 is 1.26 bits per heavy atom. The van der Waals surface area contributed by atoms with Gasteiger partial charge in [0, 0.05) is 17.8 Å². The molecule has 0 atom stereocenters. The lowest BCUT2D eigenvalue weighted by Crippen LogP contribution is -2.01. The van der Waals surface area contributed by atoms with E-state index in [1.54, 1.807) is 13.4 Å². The number of fused-ring (bicyclic) bond motifs is 1. The Hall–Kier alpha value is -2.34. The van der Waals surface area contributed by atoms with Gasteiger partial charge in [-0.2, -0.15) is 9.97 Å². The first-order valence-electron chi connectivity index (χ1n) is 5.68. The number of hydrogen-bond donors (Lipinski definition) is 3. The molecule has 0 aliphatic carbocycles. The number of aromatic nitrogens is 4. The van der Waals surface area contributed by atoms with Gasteiger partial charge < -0.3 is 15.6 Å². The summed E-state index contributed by atoms with van der Waals surface area (Å²) in [5.41, 5.74) is 2.20. The van der Waals surface area contributed by atoms with Gasteiger partial charge in [-0.1, -0.05) is 17.7 Å². The zero-order chi connectivity index (χ0) is 13.2. The van der Waals surface area contributed by atoms with Crippen molar-refractivity contribution < 1.29 is 0 Å². The van der Waals surface area contributed by atoms with E-state index in [0.29, 0.717) is 22.4 Å². The second-order valence-electron chi connectivity index (χ2n) is 3.88. The third-order valence-corrected chi connectivity index (χ3v) is 2.83. The Kier molecular flexibility index (Phi) is 2.92. The number of H-pyrrole nitrogens is 1. The molecular formula is C12H11ClN6. The summed E-state index contributed by atoms with van der Waals surface area (Å²) in [5, 5.41) is 6.77. The molecule has 0 aliphatic heterocycles. The third kappa shape index (κ3) is 2.30. The van der Waals surface area contributed by atoms with E-state index in [9.17, 15) is 0 Å². The number of halogens is 1. The second kappa shape index (κ2) is 4.74. The van der Waals surface area contributed by atoms with Crippen LogP contribution in [-0.2, 0) is 0 Å². The minimum atomic E-state index is 0.504. The maximum Gasteiger partial charge on any atom is 0.226 e. The largest absolute Gasteiger partial charge is 0.357 e. The van der Waals surface area contributed by atoms with Crippen molar-refractivity contribution in [3.8, 4) is 0 Å². The monoisotopic (exact) mass is 274 g/mol. The van der Waals surface area contributed by atoms with E-state index in [-0.39, 0.29) is 0 Å².